The van der Waals surface area contributed by atoms with Gasteiger partial charge in [0.05, 0.1) is 10.0 Å². The van der Waals surface area contributed by atoms with Crippen LogP contribution in [0.2, 0.25) is 10.0 Å². The summed E-state index contributed by atoms with van der Waals surface area (Å²) >= 11 is 13.0. The predicted octanol–water partition coefficient (Wildman–Crippen LogP) is 2.33. The molecule has 0 spiro atoms. The number of aromatic nitrogens is 2. The van der Waals surface area contributed by atoms with Crippen LogP contribution in [0.3, 0.4) is 0 Å². The van der Waals surface area contributed by atoms with Gasteiger partial charge in [-0.2, -0.15) is 5.10 Å². The summed E-state index contributed by atoms with van der Waals surface area (Å²) in [5, 5.41) is 18.8. The Bertz CT molecular complexity index is 788. The molecule has 1 aromatic carbocycles. The molecule has 124 valence electrons. The molecule has 0 fully saturated rings. The van der Waals surface area contributed by atoms with Crippen LogP contribution in [0.4, 0.5) is 10.6 Å². The smallest absolute Gasteiger partial charge is 0.415 e. The van der Waals surface area contributed by atoms with Gasteiger partial charge in [-0.3, -0.25) is 4.72 Å². The molecule has 12 heteroatoms. The first-order valence-electron chi connectivity index (χ1n) is 5.88. The maximum absolute atomic E-state index is 11.7. The normalized spacial score (nSPS) is 12.2. The Balaban J connectivity index is 2.63. The molecule has 0 aliphatic heterocycles. The Morgan fingerprint density at radius 1 is 1.43 bits per heavy atom. The summed E-state index contributed by atoms with van der Waals surface area (Å²) in [4.78, 5) is 10.6. The first-order chi connectivity index (χ1) is 10.7. The molecule has 8 nitrogen and oxygen atoms in total. The summed E-state index contributed by atoms with van der Waals surface area (Å²) in [6, 6.07) is 3.32. The molecule has 1 amide bonds. The Labute approximate surface area is 147 Å². The molecule has 1 heterocycles. The van der Waals surface area contributed by atoms with Crippen molar-refractivity contribution in [3.63, 3.8) is 0 Å². The number of carbonyl (C=O) groups is 1. The number of anilines is 1. The fraction of sp³-hybridized carbons (Fsp3) is 0.0909. The first kappa shape index (κ1) is 17.9. The number of hydrogen-bond donors (Lipinski definition) is 4. The zero-order valence-corrected chi connectivity index (χ0v) is 14.7. The van der Waals surface area contributed by atoms with E-state index >= 15 is 0 Å². The monoisotopic (exact) mass is 395 g/mol. The minimum Gasteiger partial charge on any atom is -0.464 e. The quantitative estimate of drug-likeness (QED) is 0.586. The van der Waals surface area contributed by atoms with Crippen LogP contribution in [-0.2, 0) is 11.0 Å². The molecule has 0 radical (unpaired) electrons. The zero-order chi connectivity index (χ0) is 17.3. The molecular formula is C11H11Cl2N5O3S2. The molecule has 2 rings (SSSR count). The highest BCUT2D eigenvalue weighted by Crippen LogP contribution is 2.35. The minimum absolute atomic E-state index is 0.0172. The number of nitrogens with two attached hydrogens (primary N) is 2. The number of nitrogen functional groups attached to an aromatic ring is 1. The summed E-state index contributed by atoms with van der Waals surface area (Å²) in [5.41, 5.74) is 7.06. The van der Waals surface area contributed by atoms with Crippen LogP contribution in [0.25, 0.3) is 5.69 Å². The molecule has 23 heavy (non-hydrogen) atoms. The number of carboxylic acid groups (broad SMARTS) is 1. The van der Waals surface area contributed by atoms with E-state index in [0.717, 1.165) is 5.56 Å². The Kier molecular flexibility index (Phi) is 5.42. The number of rotatable bonds is 4. The predicted molar refractivity (Wildman–Crippen MR) is 90.3 cm³/mol. The standard InChI is InChI=1S/C11H11Cl2N5O3S2/c1-4-2-5(12)7(6(13)3-4)18-9(14)8(23(15)21)10(16-18)22-17-11(19)20/h2-3,17H,14-15H2,1H3,(H,19,20). The van der Waals surface area contributed by atoms with E-state index in [0.29, 0.717) is 11.9 Å². The van der Waals surface area contributed by atoms with E-state index < -0.39 is 17.1 Å². The molecule has 0 aliphatic carbocycles. The number of aryl methyl sites for hydroxylation is 1. The van der Waals surface area contributed by atoms with Crippen molar-refractivity contribution in [2.24, 2.45) is 5.14 Å². The van der Waals surface area contributed by atoms with Gasteiger partial charge in [0, 0.05) is 11.9 Å². The minimum atomic E-state index is -1.99. The summed E-state index contributed by atoms with van der Waals surface area (Å²) in [5.74, 6) is -0.0480. The Morgan fingerprint density at radius 2 is 2.00 bits per heavy atom. The molecular weight excluding hydrogens is 385 g/mol. The summed E-state index contributed by atoms with van der Waals surface area (Å²) < 4.78 is 14.9. The van der Waals surface area contributed by atoms with Crippen molar-refractivity contribution in [1.29, 1.82) is 0 Å². The molecule has 1 aromatic heterocycles. The third-order valence-electron chi connectivity index (χ3n) is 2.66. The van der Waals surface area contributed by atoms with Crippen LogP contribution in [0.15, 0.2) is 22.1 Å². The van der Waals surface area contributed by atoms with E-state index in [4.69, 9.17) is 39.2 Å². The molecule has 1 unspecified atom stereocenters. The Morgan fingerprint density at radius 3 is 2.48 bits per heavy atom. The number of nitrogens with one attached hydrogen (secondary N) is 1. The van der Waals surface area contributed by atoms with Crippen LogP contribution in [0, 0.1) is 6.92 Å². The van der Waals surface area contributed by atoms with E-state index in [9.17, 15) is 9.00 Å². The van der Waals surface area contributed by atoms with Crippen molar-refractivity contribution in [3.05, 3.63) is 27.7 Å². The van der Waals surface area contributed by atoms with Crippen molar-refractivity contribution < 1.29 is 14.1 Å². The number of nitrogens with zero attached hydrogens (tertiary/aromatic N) is 2. The maximum Gasteiger partial charge on any atom is 0.415 e. The molecule has 0 saturated heterocycles. The average Bonchev–Trinajstić information content (AvgIpc) is 2.72. The second-order valence-electron chi connectivity index (χ2n) is 4.32. The maximum atomic E-state index is 11.7. The van der Waals surface area contributed by atoms with Gasteiger partial charge in [-0.1, -0.05) is 23.2 Å². The van der Waals surface area contributed by atoms with Gasteiger partial charge in [0.15, 0.2) is 5.03 Å². The lowest BCUT2D eigenvalue weighted by atomic mass is 10.2. The van der Waals surface area contributed by atoms with Crippen LogP contribution >= 0.6 is 35.1 Å². The van der Waals surface area contributed by atoms with Crippen LogP contribution < -0.4 is 15.6 Å². The fourth-order valence-electron chi connectivity index (χ4n) is 1.81. The molecule has 6 N–H and O–H groups in total. The first-order valence-corrected chi connectivity index (χ1v) is 8.67. The van der Waals surface area contributed by atoms with E-state index in [1.807, 2.05) is 11.6 Å². The third-order valence-corrected chi connectivity index (χ3v) is 4.92. The lowest BCUT2D eigenvalue weighted by Gasteiger charge is -2.10. The van der Waals surface area contributed by atoms with E-state index in [2.05, 4.69) is 5.10 Å². The number of amides is 1. The van der Waals surface area contributed by atoms with Crippen molar-refractivity contribution in [3.8, 4) is 5.69 Å². The van der Waals surface area contributed by atoms with Crippen molar-refractivity contribution in [2.75, 3.05) is 5.73 Å². The highest BCUT2D eigenvalue weighted by atomic mass is 35.5. The molecule has 0 bridgehead atoms. The van der Waals surface area contributed by atoms with Gasteiger partial charge in [0.2, 0.25) is 0 Å². The average molecular weight is 396 g/mol. The zero-order valence-electron chi connectivity index (χ0n) is 11.5. The SMILES string of the molecule is Cc1cc(Cl)c(-n2nc(SNC(=O)O)c(S(N)=O)c2N)c(Cl)c1. The van der Waals surface area contributed by atoms with Gasteiger partial charge >= 0.3 is 6.09 Å². The summed E-state index contributed by atoms with van der Waals surface area (Å²) in [7, 11) is -1.99. The van der Waals surface area contributed by atoms with Gasteiger partial charge in [0.25, 0.3) is 0 Å². The lowest BCUT2D eigenvalue weighted by molar-refractivity contribution is 0.202. The second-order valence-corrected chi connectivity index (χ2v) is 6.93. The number of benzene rings is 1. The summed E-state index contributed by atoms with van der Waals surface area (Å²) in [6.45, 7) is 1.81. The van der Waals surface area contributed by atoms with Gasteiger partial charge < -0.3 is 10.8 Å². The van der Waals surface area contributed by atoms with Gasteiger partial charge in [-0.05, 0) is 24.6 Å². The third kappa shape index (κ3) is 3.72. The number of halogens is 2. The van der Waals surface area contributed by atoms with Crippen LogP contribution in [0.5, 0.6) is 0 Å². The second kappa shape index (κ2) is 6.97. The molecule has 0 aliphatic rings. The van der Waals surface area contributed by atoms with Crippen LogP contribution in [0.1, 0.15) is 5.56 Å². The molecule has 1 atom stereocenters. The fourth-order valence-corrected chi connectivity index (χ4v) is 3.95. The van der Waals surface area contributed by atoms with Gasteiger partial charge in [-0.15, -0.1) is 0 Å². The summed E-state index contributed by atoms with van der Waals surface area (Å²) in [6.07, 6.45) is -1.30. The molecule has 0 saturated carbocycles. The van der Waals surface area contributed by atoms with Crippen molar-refractivity contribution in [1.82, 2.24) is 14.5 Å². The topological polar surface area (TPSA) is 136 Å². The van der Waals surface area contributed by atoms with E-state index in [1.165, 1.54) is 4.68 Å². The van der Waals surface area contributed by atoms with Crippen LogP contribution in [-0.4, -0.2) is 25.2 Å². The Hall–Kier alpha value is -1.46. The van der Waals surface area contributed by atoms with E-state index in [-0.39, 0.29) is 31.5 Å². The lowest BCUT2D eigenvalue weighted by Crippen LogP contribution is -2.13. The largest absolute Gasteiger partial charge is 0.464 e. The van der Waals surface area contributed by atoms with Gasteiger partial charge in [-0.25, -0.2) is 18.8 Å². The number of hydrogen-bond acceptors (Lipinski definition) is 5. The highest BCUT2D eigenvalue weighted by Gasteiger charge is 2.24. The van der Waals surface area contributed by atoms with Gasteiger partial charge in [0.1, 0.15) is 27.4 Å². The molecule has 2 aromatic rings. The van der Waals surface area contributed by atoms with Crippen molar-refractivity contribution >= 4 is 58.0 Å². The highest BCUT2D eigenvalue weighted by molar-refractivity contribution is 7.98. The van der Waals surface area contributed by atoms with Crippen molar-refractivity contribution in [2.45, 2.75) is 16.8 Å². The van der Waals surface area contributed by atoms with E-state index in [1.54, 1.807) is 12.1 Å².